The summed E-state index contributed by atoms with van der Waals surface area (Å²) in [5.74, 6) is 0. The molecule has 100 valence electrons. The molecule has 0 aromatic carbocycles. The third kappa shape index (κ3) is 3.31. The second-order valence-corrected chi connectivity index (χ2v) is 5.41. The van der Waals surface area contributed by atoms with E-state index in [0.717, 1.165) is 0 Å². The minimum Gasteiger partial charge on any atom is -0.325 e. The summed E-state index contributed by atoms with van der Waals surface area (Å²) in [5, 5.41) is 0. The van der Waals surface area contributed by atoms with Crippen molar-refractivity contribution in [3.05, 3.63) is 48.3 Å². The summed E-state index contributed by atoms with van der Waals surface area (Å²) in [4.78, 5) is 11.7. The number of hydrogen-bond donors (Lipinski definition) is 2. The first-order valence-corrected chi connectivity index (χ1v) is 7.00. The topological polar surface area (TPSA) is 111 Å². The van der Waals surface area contributed by atoms with E-state index in [2.05, 4.69) is 19.7 Å². The molecule has 2 aromatic heterocycles. The Hall–Kier alpha value is -1.90. The molecule has 0 aliphatic rings. The van der Waals surface area contributed by atoms with Gasteiger partial charge >= 0.3 is 0 Å². The summed E-state index contributed by atoms with van der Waals surface area (Å²) in [6.07, 6.45) is 4.41. The molecule has 0 atom stereocenters. The van der Waals surface area contributed by atoms with Crippen LogP contribution in [-0.2, 0) is 23.1 Å². The molecule has 0 aliphatic carbocycles. The van der Waals surface area contributed by atoms with Gasteiger partial charge in [0.15, 0.2) is 0 Å². The van der Waals surface area contributed by atoms with Crippen LogP contribution in [0, 0.1) is 0 Å². The average molecular weight is 279 g/mol. The Morgan fingerprint density at radius 1 is 1.21 bits per heavy atom. The zero-order chi connectivity index (χ0) is 13.7. The highest BCUT2D eigenvalue weighted by molar-refractivity contribution is 7.89. The Kier molecular flexibility index (Phi) is 4.15. The zero-order valence-corrected chi connectivity index (χ0v) is 10.8. The van der Waals surface area contributed by atoms with Gasteiger partial charge in [-0.15, -0.1) is 0 Å². The molecule has 0 saturated heterocycles. The van der Waals surface area contributed by atoms with E-state index in [-0.39, 0.29) is 18.0 Å². The summed E-state index contributed by atoms with van der Waals surface area (Å²) in [5.41, 5.74) is 6.39. The molecule has 2 aromatic rings. The third-order valence-electron chi connectivity index (χ3n) is 2.42. The van der Waals surface area contributed by atoms with E-state index < -0.39 is 10.0 Å². The van der Waals surface area contributed by atoms with Gasteiger partial charge in [0.2, 0.25) is 10.0 Å². The molecule has 0 radical (unpaired) electrons. The van der Waals surface area contributed by atoms with Crippen molar-refractivity contribution in [1.82, 2.24) is 19.7 Å². The monoisotopic (exact) mass is 279 g/mol. The highest BCUT2D eigenvalue weighted by Gasteiger charge is 2.18. The zero-order valence-electron chi connectivity index (χ0n) is 10.0. The molecule has 0 aliphatic heterocycles. The number of hydrogen-bond acceptors (Lipinski definition) is 6. The van der Waals surface area contributed by atoms with Gasteiger partial charge in [-0.1, -0.05) is 0 Å². The van der Waals surface area contributed by atoms with Crippen LogP contribution in [0.15, 0.2) is 41.8 Å². The minimum absolute atomic E-state index is 0.0601. The van der Waals surface area contributed by atoms with Crippen LogP contribution >= 0.6 is 0 Å². The molecule has 0 spiro atoms. The van der Waals surface area contributed by atoms with Crippen LogP contribution in [0.5, 0.6) is 0 Å². The van der Waals surface area contributed by atoms with Crippen LogP contribution in [0.3, 0.4) is 0 Å². The summed E-state index contributed by atoms with van der Waals surface area (Å²) in [6, 6.07) is 4.66. The molecule has 0 fully saturated rings. The van der Waals surface area contributed by atoms with Crippen LogP contribution < -0.4 is 10.5 Å². The van der Waals surface area contributed by atoms with Crippen LogP contribution in [0.25, 0.3) is 0 Å². The van der Waals surface area contributed by atoms with Crippen molar-refractivity contribution in [1.29, 1.82) is 0 Å². The van der Waals surface area contributed by atoms with E-state index in [0.29, 0.717) is 11.4 Å². The van der Waals surface area contributed by atoms with E-state index >= 15 is 0 Å². The van der Waals surface area contributed by atoms with Gasteiger partial charge in [0.1, 0.15) is 11.2 Å². The van der Waals surface area contributed by atoms with Gasteiger partial charge in [-0.05, 0) is 18.2 Å². The van der Waals surface area contributed by atoms with Crippen LogP contribution in [-0.4, -0.2) is 23.4 Å². The molecular weight excluding hydrogens is 266 g/mol. The lowest BCUT2D eigenvalue weighted by atomic mass is 10.3. The van der Waals surface area contributed by atoms with Crippen molar-refractivity contribution < 1.29 is 8.42 Å². The number of nitrogens with two attached hydrogens (primary N) is 1. The van der Waals surface area contributed by atoms with Gasteiger partial charge in [-0.3, -0.25) is 4.98 Å². The van der Waals surface area contributed by atoms with Gasteiger partial charge in [-0.2, -0.15) is 0 Å². The van der Waals surface area contributed by atoms with Crippen LogP contribution in [0.4, 0.5) is 0 Å². The van der Waals surface area contributed by atoms with Crippen molar-refractivity contribution in [3.63, 3.8) is 0 Å². The number of aromatic nitrogens is 3. The fourth-order valence-corrected chi connectivity index (χ4v) is 2.69. The van der Waals surface area contributed by atoms with E-state index in [1.165, 1.54) is 18.6 Å². The fourth-order valence-electron chi connectivity index (χ4n) is 1.49. The maximum Gasteiger partial charge on any atom is 0.242 e. The standard InChI is InChI=1S/C11H13N5O2S/c12-6-10-11(2-1-4-14-10)19(17,18)16-7-9-3-5-13-8-15-9/h1-5,8,16H,6-7,12H2. The Morgan fingerprint density at radius 2 is 2.05 bits per heavy atom. The number of nitrogens with one attached hydrogen (secondary N) is 1. The van der Waals surface area contributed by atoms with Gasteiger partial charge in [-0.25, -0.2) is 23.1 Å². The average Bonchev–Trinajstić information content (AvgIpc) is 2.46. The predicted molar refractivity (Wildman–Crippen MR) is 68.2 cm³/mol. The first kappa shape index (κ1) is 13.5. The van der Waals surface area contributed by atoms with Gasteiger partial charge in [0.05, 0.1) is 17.9 Å². The predicted octanol–water partition coefficient (Wildman–Crippen LogP) is -0.191. The number of nitrogens with zero attached hydrogens (tertiary/aromatic N) is 3. The number of sulfonamides is 1. The molecule has 0 bridgehead atoms. The molecule has 0 amide bonds. The summed E-state index contributed by atoms with van der Waals surface area (Å²) in [7, 11) is -3.65. The number of pyridine rings is 1. The minimum atomic E-state index is -3.65. The molecule has 0 saturated carbocycles. The normalized spacial score (nSPS) is 11.4. The van der Waals surface area contributed by atoms with Crippen molar-refractivity contribution in [2.75, 3.05) is 0 Å². The fraction of sp³-hybridized carbons (Fsp3) is 0.182. The Labute approximate surface area is 111 Å². The smallest absolute Gasteiger partial charge is 0.242 e. The van der Waals surface area contributed by atoms with Gasteiger partial charge in [0, 0.05) is 18.9 Å². The quantitative estimate of drug-likeness (QED) is 0.784. The van der Waals surface area contributed by atoms with Crippen molar-refractivity contribution in [2.24, 2.45) is 5.73 Å². The van der Waals surface area contributed by atoms with Gasteiger partial charge in [0.25, 0.3) is 0 Å². The lowest BCUT2D eigenvalue weighted by Gasteiger charge is -2.09. The second-order valence-electron chi connectivity index (χ2n) is 3.68. The largest absolute Gasteiger partial charge is 0.325 e. The molecule has 3 N–H and O–H groups in total. The van der Waals surface area contributed by atoms with E-state index in [1.807, 2.05) is 0 Å². The van der Waals surface area contributed by atoms with Gasteiger partial charge < -0.3 is 5.73 Å². The van der Waals surface area contributed by atoms with Crippen molar-refractivity contribution in [2.45, 2.75) is 18.0 Å². The molecular formula is C11H13N5O2S. The lowest BCUT2D eigenvalue weighted by Crippen LogP contribution is -2.25. The van der Waals surface area contributed by atoms with Crippen LogP contribution in [0.1, 0.15) is 11.4 Å². The highest BCUT2D eigenvalue weighted by Crippen LogP contribution is 2.12. The van der Waals surface area contributed by atoms with Crippen molar-refractivity contribution >= 4 is 10.0 Å². The van der Waals surface area contributed by atoms with Crippen LogP contribution in [0.2, 0.25) is 0 Å². The summed E-state index contributed by atoms with van der Waals surface area (Å²) in [6.45, 7) is 0.147. The Balaban J connectivity index is 2.19. The SMILES string of the molecule is NCc1ncccc1S(=O)(=O)NCc1ccncn1. The lowest BCUT2D eigenvalue weighted by molar-refractivity contribution is 0.578. The number of rotatable bonds is 5. The molecule has 8 heteroatoms. The van der Waals surface area contributed by atoms with E-state index in [1.54, 1.807) is 18.3 Å². The molecule has 2 rings (SSSR count). The first-order chi connectivity index (χ1) is 9.13. The Morgan fingerprint density at radius 3 is 2.74 bits per heavy atom. The third-order valence-corrected chi connectivity index (χ3v) is 3.89. The van der Waals surface area contributed by atoms with E-state index in [9.17, 15) is 8.42 Å². The van der Waals surface area contributed by atoms with E-state index in [4.69, 9.17) is 5.73 Å². The summed E-state index contributed by atoms with van der Waals surface area (Å²) >= 11 is 0. The molecule has 0 unspecified atom stereocenters. The first-order valence-electron chi connectivity index (χ1n) is 5.52. The highest BCUT2D eigenvalue weighted by atomic mass is 32.2. The molecule has 19 heavy (non-hydrogen) atoms. The molecule has 2 heterocycles. The van der Waals surface area contributed by atoms with Crippen molar-refractivity contribution in [3.8, 4) is 0 Å². The maximum absolute atomic E-state index is 12.1. The summed E-state index contributed by atoms with van der Waals surface area (Å²) < 4.78 is 26.7. The molecule has 7 nitrogen and oxygen atoms in total. The Bertz CT molecular complexity index is 645. The second kappa shape index (κ2) is 5.83. The maximum atomic E-state index is 12.1.